The highest BCUT2D eigenvalue weighted by Crippen LogP contribution is 2.38. The maximum Gasteiger partial charge on any atom is 0.306 e. The van der Waals surface area contributed by atoms with Gasteiger partial charge in [-0.2, -0.15) is 0 Å². The zero-order chi connectivity index (χ0) is 46.2. The molecule has 0 fully saturated rings. The molecule has 0 bridgehead atoms. The van der Waals surface area contributed by atoms with Crippen LogP contribution in [0, 0.1) is 0 Å². The SMILES string of the molecule is CC/C=C\C/C=C\C/C=C\C/C=C\C/C=C\CCCCCCCC(=O)OC(COCCCCCCCCC/C=C\C/C=C\C/C=C\C/C=C\CC)COP(=O)([O-])OCC[N+](C)(C)C. The maximum absolute atomic E-state index is 12.7. The quantitative estimate of drug-likeness (QED) is 0.0198. The highest BCUT2D eigenvalue weighted by Gasteiger charge is 2.20. The Morgan fingerprint density at radius 1 is 0.492 bits per heavy atom. The minimum atomic E-state index is -4.55. The van der Waals surface area contributed by atoms with Crippen molar-refractivity contribution in [1.29, 1.82) is 0 Å². The van der Waals surface area contributed by atoms with Crippen molar-refractivity contribution in [3.8, 4) is 0 Å². The summed E-state index contributed by atoms with van der Waals surface area (Å²) in [6.45, 7) is 5.11. The van der Waals surface area contributed by atoms with Crippen LogP contribution >= 0.6 is 7.82 Å². The second-order valence-corrected chi connectivity index (χ2v) is 18.5. The summed E-state index contributed by atoms with van der Waals surface area (Å²) in [6.07, 6.45) is 63.9. The number of hydrogen-bond acceptors (Lipinski definition) is 7. The zero-order valence-electron chi connectivity index (χ0n) is 40.7. The van der Waals surface area contributed by atoms with Crippen LogP contribution in [0.1, 0.15) is 168 Å². The van der Waals surface area contributed by atoms with Gasteiger partial charge in [0.25, 0.3) is 7.82 Å². The third kappa shape index (κ3) is 50.0. The van der Waals surface area contributed by atoms with E-state index in [9.17, 15) is 14.3 Å². The van der Waals surface area contributed by atoms with Gasteiger partial charge in [0.2, 0.25) is 0 Å². The number of hydrogen-bond donors (Lipinski definition) is 0. The molecule has 63 heavy (non-hydrogen) atoms. The molecule has 0 saturated heterocycles. The van der Waals surface area contributed by atoms with Gasteiger partial charge in [-0.15, -0.1) is 0 Å². The Labute approximate surface area is 387 Å². The van der Waals surface area contributed by atoms with E-state index in [2.05, 4.69) is 123 Å². The molecule has 0 radical (unpaired) electrons. The number of esters is 1. The van der Waals surface area contributed by atoms with Crippen LogP contribution in [-0.2, 0) is 27.9 Å². The monoisotopic (exact) mass is 898 g/mol. The highest BCUT2D eigenvalue weighted by molar-refractivity contribution is 7.45. The van der Waals surface area contributed by atoms with Gasteiger partial charge in [-0.3, -0.25) is 9.36 Å². The van der Waals surface area contributed by atoms with Crippen molar-refractivity contribution in [2.75, 3.05) is 54.1 Å². The van der Waals surface area contributed by atoms with Crippen molar-refractivity contribution in [3.63, 3.8) is 0 Å². The second-order valence-electron chi connectivity index (χ2n) is 17.1. The van der Waals surface area contributed by atoms with Crippen molar-refractivity contribution in [2.24, 2.45) is 0 Å². The maximum atomic E-state index is 12.7. The fourth-order valence-corrected chi connectivity index (χ4v) is 6.82. The van der Waals surface area contributed by atoms with Crippen LogP contribution < -0.4 is 4.89 Å². The first-order valence-corrected chi connectivity index (χ1v) is 26.1. The van der Waals surface area contributed by atoms with Crippen molar-refractivity contribution in [3.05, 3.63) is 109 Å². The molecule has 0 amide bonds. The lowest BCUT2D eigenvalue weighted by Gasteiger charge is -2.28. The summed E-state index contributed by atoms with van der Waals surface area (Å²) in [5.41, 5.74) is 0. The lowest BCUT2D eigenvalue weighted by Crippen LogP contribution is -2.37. The molecule has 0 aliphatic rings. The molecular weight excluding hydrogens is 806 g/mol. The first-order valence-electron chi connectivity index (χ1n) is 24.6. The molecule has 360 valence electrons. The minimum Gasteiger partial charge on any atom is -0.756 e. The van der Waals surface area contributed by atoms with Gasteiger partial charge < -0.3 is 27.9 Å². The number of unbranched alkanes of at least 4 members (excludes halogenated alkanes) is 12. The number of nitrogens with zero attached hydrogens (tertiary/aromatic N) is 1. The number of phosphoric ester groups is 1. The zero-order valence-corrected chi connectivity index (χ0v) is 41.6. The molecule has 0 heterocycles. The Bertz CT molecular complexity index is 1370. The van der Waals surface area contributed by atoms with Crippen molar-refractivity contribution < 1.29 is 37.3 Å². The van der Waals surface area contributed by atoms with E-state index in [4.69, 9.17) is 18.5 Å². The molecule has 0 aliphatic carbocycles. The number of rotatable bonds is 44. The third-order valence-corrected chi connectivity index (χ3v) is 10.8. The molecule has 0 saturated carbocycles. The van der Waals surface area contributed by atoms with Gasteiger partial charge in [-0.05, 0) is 96.3 Å². The summed E-state index contributed by atoms with van der Waals surface area (Å²) in [5.74, 6) is -0.361. The van der Waals surface area contributed by atoms with Crippen LogP contribution in [0.5, 0.6) is 0 Å². The van der Waals surface area contributed by atoms with Crippen molar-refractivity contribution in [1.82, 2.24) is 0 Å². The number of carbonyl (C=O) groups excluding carboxylic acids is 1. The summed E-state index contributed by atoms with van der Waals surface area (Å²) in [7, 11) is 1.31. The van der Waals surface area contributed by atoms with Gasteiger partial charge in [-0.1, -0.05) is 175 Å². The topological polar surface area (TPSA) is 94.1 Å². The van der Waals surface area contributed by atoms with Crippen LogP contribution in [0.25, 0.3) is 0 Å². The summed E-state index contributed by atoms with van der Waals surface area (Å²) in [5, 5.41) is 0. The average Bonchev–Trinajstić information content (AvgIpc) is 3.24. The van der Waals surface area contributed by atoms with Crippen molar-refractivity contribution in [2.45, 2.75) is 174 Å². The number of phosphoric acid groups is 1. The molecule has 9 heteroatoms. The van der Waals surface area contributed by atoms with Crippen LogP contribution in [-0.4, -0.2) is 70.7 Å². The number of ether oxygens (including phenoxy) is 2. The molecule has 8 nitrogen and oxygen atoms in total. The third-order valence-electron chi connectivity index (χ3n) is 9.82. The largest absolute Gasteiger partial charge is 0.756 e. The molecule has 0 rings (SSSR count). The summed E-state index contributed by atoms with van der Waals surface area (Å²) < 4.78 is 34.7. The van der Waals surface area contributed by atoms with Gasteiger partial charge in [0.05, 0.1) is 34.4 Å². The van der Waals surface area contributed by atoms with Gasteiger partial charge in [0.1, 0.15) is 19.3 Å². The summed E-state index contributed by atoms with van der Waals surface area (Å²) in [4.78, 5) is 25.2. The molecule has 0 aliphatic heterocycles. The van der Waals surface area contributed by atoms with Crippen molar-refractivity contribution >= 4 is 13.8 Å². The number of carbonyl (C=O) groups is 1. The fraction of sp³-hybridized carbons (Fsp3) is 0.648. The molecule has 2 unspecified atom stereocenters. The van der Waals surface area contributed by atoms with E-state index in [0.29, 0.717) is 17.6 Å². The molecule has 0 N–H and O–H groups in total. The van der Waals surface area contributed by atoms with E-state index in [0.717, 1.165) is 122 Å². The Morgan fingerprint density at radius 2 is 0.873 bits per heavy atom. The molecule has 0 spiro atoms. The van der Waals surface area contributed by atoms with Gasteiger partial charge >= 0.3 is 5.97 Å². The lowest BCUT2D eigenvalue weighted by molar-refractivity contribution is -0.870. The molecule has 0 aromatic heterocycles. The fourth-order valence-electron chi connectivity index (χ4n) is 6.09. The van der Waals surface area contributed by atoms with Gasteiger partial charge in [0, 0.05) is 13.0 Å². The Hall–Kier alpha value is -2.84. The highest BCUT2D eigenvalue weighted by atomic mass is 31.2. The lowest BCUT2D eigenvalue weighted by atomic mass is 10.1. The minimum absolute atomic E-state index is 0.0127. The van der Waals surface area contributed by atoms with Crippen LogP contribution in [0.2, 0.25) is 0 Å². The molecular formula is C54H92NO7P. The second kappa shape index (κ2) is 45.7. The van der Waals surface area contributed by atoms with E-state index in [1.165, 1.54) is 25.7 Å². The van der Waals surface area contributed by atoms with E-state index in [-0.39, 0.29) is 32.2 Å². The summed E-state index contributed by atoms with van der Waals surface area (Å²) in [6, 6.07) is 0. The van der Waals surface area contributed by atoms with Gasteiger partial charge in [-0.25, -0.2) is 0 Å². The molecule has 2 atom stereocenters. The van der Waals surface area contributed by atoms with Crippen LogP contribution in [0.3, 0.4) is 0 Å². The first-order chi connectivity index (χ1) is 30.6. The van der Waals surface area contributed by atoms with E-state index >= 15 is 0 Å². The van der Waals surface area contributed by atoms with E-state index in [1.807, 2.05) is 21.1 Å². The normalized spacial score (nSPS) is 14.6. The first kappa shape index (κ1) is 60.2. The smallest absolute Gasteiger partial charge is 0.306 e. The standard InChI is InChI=1S/C54H92NO7P/c1-6-8-10-12-14-16-18-20-22-24-26-28-29-31-33-35-37-39-41-43-45-47-54(56)62-53(52-61-63(57,58)60-50-48-55(3,4)5)51-59-49-46-44-42-40-38-36-34-32-30-27-25-23-21-19-17-15-13-11-9-7-2/h8-11,14-17,20-23,26-28,30-31,33,53H,6-7,12-13,18-19,24-25,29,32,34-52H2,1-5H3/b10-8-,11-9-,16-14-,17-15-,22-20-,23-21-,28-26-,30-27-,33-31-. The van der Waals surface area contributed by atoms with E-state index < -0.39 is 13.9 Å². The number of quaternary nitrogens is 1. The summed E-state index contributed by atoms with van der Waals surface area (Å²) >= 11 is 0. The van der Waals surface area contributed by atoms with Crippen LogP contribution in [0.15, 0.2) is 109 Å². The van der Waals surface area contributed by atoms with Gasteiger partial charge in [0.15, 0.2) is 0 Å². The van der Waals surface area contributed by atoms with Crippen LogP contribution in [0.4, 0.5) is 0 Å². The Morgan fingerprint density at radius 3 is 1.30 bits per heavy atom. The van der Waals surface area contributed by atoms with E-state index in [1.54, 1.807) is 0 Å². The average molecular weight is 898 g/mol. The number of allylic oxidation sites excluding steroid dienone is 18. The molecule has 0 aromatic carbocycles. The Kier molecular flexibility index (Phi) is 43.7. The Balaban J connectivity index is 4.27. The number of likely N-dealkylation sites (N-methyl/N-ethyl adjacent to an activating group) is 1. The molecule has 0 aromatic rings. The predicted octanol–water partition coefficient (Wildman–Crippen LogP) is 14.5. The predicted molar refractivity (Wildman–Crippen MR) is 268 cm³/mol.